The standard InChI is InChI=1S/C35H40Cl3N5O4/c1-21-13-30(37)33(31(38)14-21)47-26-10-12-42(19-26)32-8-4-23(16-41-32)27-9-11-40-17-28(27)34(44)43(25-5-6-25)18-24-15-22(3-7-29(24)36)20-46-35(45)39-2/h3-4,7-8,13-16,25-28,40H,5-6,9-12,17-20H2,1-2H3,(H,39,45)/t26-,27-,28+/m1/s1. The van der Waals surface area contributed by atoms with Crippen molar-refractivity contribution in [3.8, 4) is 5.75 Å². The maximum Gasteiger partial charge on any atom is 0.407 e. The van der Waals surface area contributed by atoms with Gasteiger partial charge in [-0.3, -0.25) is 4.79 Å². The van der Waals surface area contributed by atoms with Gasteiger partial charge in [-0.1, -0.05) is 46.9 Å². The fourth-order valence-electron chi connectivity index (χ4n) is 6.55. The predicted octanol–water partition coefficient (Wildman–Crippen LogP) is 6.75. The van der Waals surface area contributed by atoms with Crippen LogP contribution < -0.4 is 20.3 Å². The fraction of sp³-hybridized carbons (Fsp3) is 0.457. The molecule has 3 aliphatic rings. The van der Waals surface area contributed by atoms with E-state index in [1.807, 2.05) is 42.3 Å². The van der Waals surface area contributed by atoms with Crippen molar-refractivity contribution in [1.29, 1.82) is 0 Å². The van der Waals surface area contributed by atoms with Crippen molar-refractivity contribution in [2.75, 3.05) is 38.1 Å². The summed E-state index contributed by atoms with van der Waals surface area (Å²) in [6, 6.07) is 13.6. The molecule has 6 rings (SSSR count). The molecule has 250 valence electrons. The summed E-state index contributed by atoms with van der Waals surface area (Å²) in [4.78, 5) is 34.9. The van der Waals surface area contributed by atoms with E-state index < -0.39 is 6.09 Å². The molecule has 2 N–H and O–H groups in total. The van der Waals surface area contributed by atoms with E-state index in [1.54, 1.807) is 6.07 Å². The first-order valence-electron chi connectivity index (χ1n) is 16.2. The van der Waals surface area contributed by atoms with E-state index in [1.165, 1.54) is 7.05 Å². The van der Waals surface area contributed by atoms with Gasteiger partial charge in [-0.15, -0.1) is 0 Å². The van der Waals surface area contributed by atoms with Gasteiger partial charge in [0.15, 0.2) is 5.75 Å². The summed E-state index contributed by atoms with van der Waals surface area (Å²) < 4.78 is 11.4. The molecule has 1 saturated carbocycles. The molecule has 2 aliphatic heterocycles. The lowest BCUT2D eigenvalue weighted by Gasteiger charge is -2.36. The Morgan fingerprint density at radius 2 is 1.83 bits per heavy atom. The number of carbonyl (C=O) groups excluding carboxylic acids is 2. The lowest BCUT2D eigenvalue weighted by molar-refractivity contribution is -0.138. The maximum atomic E-state index is 14.3. The zero-order valence-corrected chi connectivity index (χ0v) is 28.9. The highest BCUT2D eigenvalue weighted by Crippen LogP contribution is 2.38. The number of aromatic nitrogens is 1. The molecule has 2 amide bonds. The minimum absolute atomic E-state index is 0.0495. The van der Waals surface area contributed by atoms with Crippen LogP contribution in [0, 0.1) is 12.8 Å². The fourth-order valence-corrected chi connectivity index (χ4v) is 7.41. The van der Waals surface area contributed by atoms with Crippen LogP contribution in [0.4, 0.5) is 10.6 Å². The summed E-state index contributed by atoms with van der Waals surface area (Å²) in [6.07, 6.45) is 5.02. The van der Waals surface area contributed by atoms with Crippen LogP contribution in [0.25, 0.3) is 0 Å². The van der Waals surface area contributed by atoms with Crippen molar-refractivity contribution in [3.63, 3.8) is 0 Å². The first-order valence-corrected chi connectivity index (χ1v) is 17.3. The highest BCUT2D eigenvalue weighted by molar-refractivity contribution is 6.37. The largest absolute Gasteiger partial charge is 0.485 e. The SMILES string of the molecule is CNC(=O)OCc1ccc(Cl)c(CN(C(=O)[C@H]2CNCC[C@@H]2c2ccc(N3CC[C@@H](Oc4c(Cl)cc(C)cc4Cl)C3)nc2)C2CC2)c1. The van der Waals surface area contributed by atoms with Crippen LogP contribution in [0.2, 0.25) is 15.1 Å². The summed E-state index contributed by atoms with van der Waals surface area (Å²) in [5.41, 5.74) is 3.72. The van der Waals surface area contributed by atoms with Gasteiger partial charge in [0.25, 0.3) is 0 Å². The summed E-state index contributed by atoms with van der Waals surface area (Å²) >= 11 is 19.4. The molecule has 47 heavy (non-hydrogen) atoms. The topological polar surface area (TPSA) is 96.0 Å². The Labute approximate surface area is 290 Å². The van der Waals surface area contributed by atoms with Crippen molar-refractivity contribution in [3.05, 3.63) is 86.0 Å². The number of hydrogen-bond acceptors (Lipinski definition) is 7. The first-order chi connectivity index (χ1) is 22.7. The molecule has 3 fully saturated rings. The third kappa shape index (κ3) is 8.08. The molecule has 1 aromatic heterocycles. The van der Waals surface area contributed by atoms with Gasteiger partial charge >= 0.3 is 6.09 Å². The van der Waals surface area contributed by atoms with E-state index in [9.17, 15) is 9.59 Å². The zero-order chi connectivity index (χ0) is 33.1. The Bertz CT molecular complexity index is 1580. The molecule has 2 aromatic carbocycles. The van der Waals surface area contributed by atoms with Crippen LogP contribution in [-0.2, 0) is 22.7 Å². The van der Waals surface area contributed by atoms with Crippen LogP contribution in [0.3, 0.4) is 0 Å². The lowest BCUT2D eigenvalue weighted by atomic mass is 9.80. The Balaban J connectivity index is 1.12. The smallest absolute Gasteiger partial charge is 0.407 e. The average molecular weight is 701 g/mol. The first kappa shape index (κ1) is 33.7. The number of piperidine rings is 1. The summed E-state index contributed by atoms with van der Waals surface area (Å²) in [5, 5.41) is 7.53. The quantitative estimate of drug-likeness (QED) is 0.242. The number of benzene rings is 2. The van der Waals surface area contributed by atoms with Gasteiger partial charge < -0.3 is 29.9 Å². The molecule has 0 unspecified atom stereocenters. The zero-order valence-electron chi connectivity index (χ0n) is 26.6. The monoisotopic (exact) mass is 699 g/mol. The van der Waals surface area contributed by atoms with Gasteiger partial charge in [0.05, 0.1) is 22.5 Å². The molecule has 3 aromatic rings. The van der Waals surface area contributed by atoms with Crippen LogP contribution >= 0.6 is 34.8 Å². The third-order valence-corrected chi connectivity index (χ3v) is 10.1. The lowest BCUT2D eigenvalue weighted by Crippen LogP contribution is -2.47. The van der Waals surface area contributed by atoms with E-state index in [2.05, 4.69) is 27.7 Å². The van der Waals surface area contributed by atoms with Crippen LogP contribution in [0.5, 0.6) is 5.75 Å². The second-order valence-electron chi connectivity index (χ2n) is 12.6. The second-order valence-corrected chi connectivity index (χ2v) is 13.9. The normalized spacial score (nSPS) is 21.0. The number of nitrogens with one attached hydrogen (secondary N) is 2. The van der Waals surface area contributed by atoms with Gasteiger partial charge in [0.1, 0.15) is 18.5 Å². The van der Waals surface area contributed by atoms with E-state index in [0.717, 1.165) is 66.8 Å². The van der Waals surface area contributed by atoms with Crippen molar-refractivity contribution < 1.29 is 19.1 Å². The molecule has 0 radical (unpaired) electrons. The number of ether oxygens (including phenoxy) is 2. The minimum atomic E-state index is -0.498. The summed E-state index contributed by atoms with van der Waals surface area (Å²) in [5.74, 6) is 1.37. The summed E-state index contributed by atoms with van der Waals surface area (Å²) in [7, 11) is 1.52. The van der Waals surface area contributed by atoms with Crippen LogP contribution in [-0.4, -0.2) is 67.3 Å². The number of carbonyl (C=O) groups is 2. The molecule has 2 saturated heterocycles. The van der Waals surface area contributed by atoms with Crippen molar-refractivity contribution in [2.45, 2.75) is 63.8 Å². The Kier molecular flexibility index (Phi) is 10.7. The molecule has 9 nitrogen and oxygen atoms in total. The number of halogens is 3. The number of anilines is 1. The van der Waals surface area contributed by atoms with Gasteiger partial charge in [0, 0.05) is 50.4 Å². The molecule has 0 spiro atoms. The number of hydrogen-bond donors (Lipinski definition) is 2. The molecule has 3 atom stereocenters. The number of pyridine rings is 1. The summed E-state index contributed by atoms with van der Waals surface area (Å²) in [6.45, 7) is 5.42. The van der Waals surface area contributed by atoms with Crippen LogP contribution in [0.15, 0.2) is 48.7 Å². The Morgan fingerprint density at radius 1 is 1.04 bits per heavy atom. The molecular weight excluding hydrogens is 661 g/mol. The predicted molar refractivity (Wildman–Crippen MR) is 185 cm³/mol. The van der Waals surface area contributed by atoms with Crippen molar-refractivity contribution in [1.82, 2.24) is 20.5 Å². The van der Waals surface area contributed by atoms with Crippen molar-refractivity contribution >= 4 is 52.6 Å². The second kappa shape index (κ2) is 14.9. The number of nitrogens with zero attached hydrogens (tertiary/aromatic N) is 3. The number of amides is 2. The Morgan fingerprint density at radius 3 is 2.53 bits per heavy atom. The van der Waals surface area contributed by atoms with Gasteiger partial charge in [-0.05, 0) is 91.2 Å². The molecule has 0 bridgehead atoms. The van der Waals surface area contributed by atoms with E-state index in [-0.39, 0.29) is 36.5 Å². The number of aryl methyl sites for hydroxylation is 1. The van der Waals surface area contributed by atoms with Gasteiger partial charge in [0.2, 0.25) is 5.91 Å². The number of alkyl carbamates (subject to hydrolysis) is 1. The minimum Gasteiger partial charge on any atom is -0.485 e. The maximum absolute atomic E-state index is 14.3. The van der Waals surface area contributed by atoms with Gasteiger partial charge in [-0.25, -0.2) is 9.78 Å². The van der Waals surface area contributed by atoms with E-state index in [4.69, 9.17) is 49.3 Å². The van der Waals surface area contributed by atoms with E-state index >= 15 is 0 Å². The molecular formula is C35H40Cl3N5O4. The molecule has 3 heterocycles. The molecule has 12 heteroatoms. The van der Waals surface area contributed by atoms with Crippen molar-refractivity contribution in [2.24, 2.45) is 5.92 Å². The van der Waals surface area contributed by atoms with E-state index in [0.29, 0.717) is 40.5 Å². The molecule has 1 aliphatic carbocycles. The third-order valence-electron chi connectivity index (χ3n) is 9.19. The Hall–Kier alpha value is -3.24. The average Bonchev–Trinajstić information content (AvgIpc) is 3.81. The van der Waals surface area contributed by atoms with Crippen LogP contribution in [0.1, 0.15) is 53.9 Å². The van der Waals surface area contributed by atoms with Gasteiger partial charge in [-0.2, -0.15) is 0 Å². The highest BCUT2D eigenvalue weighted by Gasteiger charge is 2.40. The number of rotatable bonds is 10. The highest BCUT2D eigenvalue weighted by atomic mass is 35.5.